The lowest BCUT2D eigenvalue weighted by atomic mass is 10.3. The molecule has 0 spiro atoms. The van der Waals surface area contributed by atoms with Crippen molar-refractivity contribution in [3.8, 4) is 0 Å². The average molecular weight is 239 g/mol. The first kappa shape index (κ1) is 12.4. The van der Waals surface area contributed by atoms with Gasteiger partial charge >= 0.3 is 0 Å². The molecule has 0 unspecified atom stereocenters. The Kier molecular flexibility index (Phi) is 5.22. The third-order valence-corrected chi connectivity index (χ3v) is 1.95. The van der Waals surface area contributed by atoms with E-state index in [4.69, 9.17) is 22.7 Å². The lowest BCUT2D eigenvalue weighted by Crippen LogP contribution is -2.26. The van der Waals surface area contributed by atoms with E-state index in [1.807, 2.05) is 30.3 Å². The molecule has 0 heterocycles. The monoisotopic (exact) mass is 238 g/mol. The zero-order valence-electron chi connectivity index (χ0n) is 8.83. The van der Waals surface area contributed by atoms with Crippen LogP contribution in [-0.2, 0) is 0 Å². The van der Waals surface area contributed by atoms with E-state index in [0.29, 0.717) is 12.4 Å². The Morgan fingerprint density at radius 1 is 1.31 bits per heavy atom. The minimum absolute atomic E-state index is 0.0824. The second-order valence-corrected chi connectivity index (χ2v) is 3.57. The fourth-order valence-corrected chi connectivity index (χ4v) is 1.27. The zero-order valence-corrected chi connectivity index (χ0v) is 9.59. The summed E-state index contributed by atoms with van der Waals surface area (Å²) in [6, 6.07) is 9.90. The average Bonchev–Trinajstić information content (AvgIpc) is 2.25. The lowest BCUT2D eigenvalue weighted by Gasteiger charge is -2.08. The molecule has 5 N–H and O–H groups in total. The first-order valence-electron chi connectivity index (χ1n) is 4.92. The number of rotatable bonds is 6. The summed E-state index contributed by atoms with van der Waals surface area (Å²) in [5.41, 5.74) is 6.62. The number of anilines is 1. The van der Waals surface area contributed by atoms with Gasteiger partial charge in [0.25, 0.3) is 0 Å². The van der Waals surface area contributed by atoms with Gasteiger partial charge in [-0.2, -0.15) is 0 Å². The van der Waals surface area contributed by atoms with E-state index in [0.717, 1.165) is 12.2 Å². The van der Waals surface area contributed by atoms with Gasteiger partial charge in [-0.3, -0.25) is 5.41 Å². The van der Waals surface area contributed by atoms with Gasteiger partial charge in [-0.1, -0.05) is 29.8 Å². The van der Waals surface area contributed by atoms with Crippen LogP contribution < -0.4 is 16.4 Å². The maximum Gasteiger partial charge on any atom is 0.124 e. The van der Waals surface area contributed by atoms with Crippen LogP contribution in [-0.4, -0.2) is 18.3 Å². The fraction of sp³-hybridized carbons (Fsp3) is 0.182. The summed E-state index contributed by atoms with van der Waals surface area (Å²) in [5, 5.41) is 13.1. The van der Waals surface area contributed by atoms with Crippen LogP contribution in [0, 0.1) is 5.41 Å². The molecule has 0 saturated heterocycles. The Bertz CT molecular complexity index is 362. The summed E-state index contributed by atoms with van der Waals surface area (Å²) >= 11 is 5.35. The summed E-state index contributed by atoms with van der Waals surface area (Å²) in [6.45, 7) is 1.41. The van der Waals surface area contributed by atoms with Crippen LogP contribution in [0.3, 0.4) is 0 Å². The van der Waals surface area contributed by atoms with E-state index in [9.17, 15) is 0 Å². The maximum atomic E-state index is 6.99. The highest BCUT2D eigenvalue weighted by Gasteiger charge is 1.92. The van der Waals surface area contributed by atoms with Crippen LogP contribution in [0.4, 0.5) is 5.69 Å². The van der Waals surface area contributed by atoms with E-state index in [1.165, 1.54) is 6.08 Å². The van der Waals surface area contributed by atoms with E-state index >= 15 is 0 Å². The predicted octanol–water partition coefficient (Wildman–Crippen LogP) is 1.70. The summed E-state index contributed by atoms with van der Waals surface area (Å²) in [6.07, 6.45) is 1.37. The Labute approximate surface area is 100.0 Å². The number of hydrogen-bond acceptors (Lipinski definition) is 4. The van der Waals surface area contributed by atoms with Crippen molar-refractivity contribution >= 4 is 22.5 Å². The lowest BCUT2D eigenvalue weighted by molar-refractivity contribution is 0.808. The molecule has 5 heteroatoms. The molecule has 0 amide bonds. The van der Waals surface area contributed by atoms with Crippen molar-refractivity contribution in [1.29, 1.82) is 5.41 Å². The van der Waals surface area contributed by atoms with E-state index in [2.05, 4.69) is 10.6 Å². The van der Waals surface area contributed by atoms with Crippen LogP contribution in [0.15, 0.2) is 42.2 Å². The zero-order chi connectivity index (χ0) is 11.8. The Hall–Kier alpha value is -1.68. The van der Waals surface area contributed by atoms with Crippen molar-refractivity contribution in [2.45, 2.75) is 0 Å². The highest BCUT2D eigenvalue weighted by atomic mass is 35.5. The van der Waals surface area contributed by atoms with Crippen molar-refractivity contribution in [1.82, 2.24) is 5.32 Å². The number of halogens is 1. The molecule has 0 aromatic heterocycles. The Morgan fingerprint density at radius 2 is 2.00 bits per heavy atom. The molecule has 0 aliphatic carbocycles. The van der Waals surface area contributed by atoms with Gasteiger partial charge in [-0.05, 0) is 12.1 Å². The van der Waals surface area contributed by atoms with Gasteiger partial charge in [0.2, 0.25) is 0 Å². The number of benzene rings is 1. The molecule has 16 heavy (non-hydrogen) atoms. The van der Waals surface area contributed by atoms with Gasteiger partial charge in [-0.15, -0.1) is 0 Å². The van der Waals surface area contributed by atoms with Crippen LogP contribution >= 0.6 is 11.6 Å². The predicted molar refractivity (Wildman–Crippen MR) is 68.8 cm³/mol. The third-order valence-electron chi connectivity index (χ3n) is 1.84. The molecular formula is C11H15ClN4. The van der Waals surface area contributed by atoms with Crippen LogP contribution in [0.25, 0.3) is 0 Å². The molecule has 0 aliphatic rings. The largest absolute Gasteiger partial charge is 0.385 e. The van der Waals surface area contributed by atoms with Crippen molar-refractivity contribution in [2.24, 2.45) is 5.73 Å². The van der Waals surface area contributed by atoms with Gasteiger partial charge < -0.3 is 16.4 Å². The molecule has 0 atom stereocenters. The number of nitrogens with one attached hydrogen (secondary N) is 3. The molecule has 1 rings (SSSR count). The number of para-hydroxylation sites is 1. The van der Waals surface area contributed by atoms with Gasteiger partial charge in [0, 0.05) is 24.9 Å². The minimum atomic E-state index is -0.0824. The molecule has 0 fully saturated rings. The highest BCUT2D eigenvalue weighted by molar-refractivity contribution is 6.67. The maximum absolute atomic E-state index is 6.99. The van der Waals surface area contributed by atoms with E-state index in [1.54, 1.807) is 0 Å². The second-order valence-electron chi connectivity index (χ2n) is 3.17. The van der Waals surface area contributed by atoms with Gasteiger partial charge in [0.1, 0.15) is 5.17 Å². The van der Waals surface area contributed by atoms with Crippen LogP contribution in [0.5, 0.6) is 0 Å². The second kappa shape index (κ2) is 6.74. The standard InChI is InChI=1S/C11H15ClN4/c12-10(13)8-11(14)16-7-6-15-9-4-2-1-3-5-9/h1-5,8,13,15-16H,6-7,14H2/b11-8+,13-10?. The van der Waals surface area contributed by atoms with Gasteiger partial charge in [0.05, 0.1) is 5.82 Å². The molecule has 0 saturated carbocycles. The van der Waals surface area contributed by atoms with Crippen molar-refractivity contribution in [3.63, 3.8) is 0 Å². The quantitative estimate of drug-likeness (QED) is 0.450. The molecule has 4 nitrogen and oxygen atoms in total. The molecule has 1 aromatic carbocycles. The molecule has 1 aromatic rings. The first-order valence-corrected chi connectivity index (χ1v) is 5.30. The Balaban J connectivity index is 2.20. The molecule has 0 aliphatic heterocycles. The summed E-state index contributed by atoms with van der Waals surface area (Å²) in [5.74, 6) is 0.398. The summed E-state index contributed by atoms with van der Waals surface area (Å²) in [7, 11) is 0. The normalized spacial score (nSPS) is 10.9. The van der Waals surface area contributed by atoms with Crippen molar-refractivity contribution < 1.29 is 0 Å². The number of hydrogen-bond donors (Lipinski definition) is 4. The van der Waals surface area contributed by atoms with Gasteiger partial charge in [-0.25, -0.2) is 0 Å². The molecule has 86 valence electrons. The molecule has 0 bridgehead atoms. The summed E-state index contributed by atoms with van der Waals surface area (Å²) < 4.78 is 0. The van der Waals surface area contributed by atoms with Gasteiger partial charge in [0.15, 0.2) is 0 Å². The first-order chi connectivity index (χ1) is 7.68. The smallest absolute Gasteiger partial charge is 0.124 e. The van der Waals surface area contributed by atoms with Crippen LogP contribution in [0.1, 0.15) is 0 Å². The Morgan fingerprint density at radius 3 is 2.62 bits per heavy atom. The van der Waals surface area contributed by atoms with Crippen molar-refractivity contribution in [3.05, 3.63) is 42.2 Å². The van der Waals surface area contributed by atoms with Crippen LogP contribution in [0.2, 0.25) is 0 Å². The molecule has 0 radical (unpaired) electrons. The summed E-state index contributed by atoms with van der Waals surface area (Å²) in [4.78, 5) is 0. The molecular weight excluding hydrogens is 224 g/mol. The van der Waals surface area contributed by atoms with E-state index in [-0.39, 0.29) is 5.17 Å². The minimum Gasteiger partial charge on any atom is -0.385 e. The fourth-order valence-electron chi connectivity index (χ4n) is 1.16. The SMILES string of the molecule is N=C(Cl)/C=C(\N)NCCNc1ccccc1. The number of allylic oxidation sites excluding steroid dienone is 1. The van der Waals surface area contributed by atoms with E-state index < -0.39 is 0 Å². The highest BCUT2D eigenvalue weighted by Crippen LogP contribution is 2.03. The third kappa shape index (κ3) is 5.26. The van der Waals surface area contributed by atoms with Crippen molar-refractivity contribution in [2.75, 3.05) is 18.4 Å². The number of nitrogens with two attached hydrogens (primary N) is 1. The topological polar surface area (TPSA) is 73.9 Å².